The van der Waals surface area contributed by atoms with Crippen LogP contribution in [0.4, 0.5) is 0 Å². The molecule has 41 heavy (non-hydrogen) atoms. The van der Waals surface area contributed by atoms with Gasteiger partial charge in [-0.3, -0.25) is 13.9 Å². The van der Waals surface area contributed by atoms with Gasteiger partial charge in [-0.15, -0.1) is 0 Å². The summed E-state index contributed by atoms with van der Waals surface area (Å²) < 4.78 is 37.3. The predicted molar refractivity (Wildman–Crippen MR) is 157 cm³/mol. The Balaban J connectivity index is 1.43. The minimum atomic E-state index is -3.88. The molecule has 3 aromatic heterocycles. The summed E-state index contributed by atoms with van der Waals surface area (Å²) in [5, 5.41) is 0. The van der Waals surface area contributed by atoms with E-state index in [2.05, 4.69) is 9.97 Å². The molecule has 0 aliphatic rings. The van der Waals surface area contributed by atoms with Crippen LogP contribution in [-0.4, -0.2) is 45.0 Å². The first-order valence-corrected chi connectivity index (χ1v) is 14.7. The van der Waals surface area contributed by atoms with Crippen LogP contribution in [-0.2, 0) is 30.2 Å². The number of aryl methyl sites for hydroxylation is 1. The van der Waals surface area contributed by atoms with Crippen molar-refractivity contribution in [1.29, 1.82) is 0 Å². The van der Waals surface area contributed by atoms with Gasteiger partial charge in [-0.2, -0.15) is 4.31 Å². The van der Waals surface area contributed by atoms with Crippen molar-refractivity contribution in [3.8, 4) is 17.1 Å². The van der Waals surface area contributed by atoms with E-state index in [9.17, 15) is 18.0 Å². The van der Waals surface area contributed by atoms with Crippen LogP contribution >= 0.6 is 0 Å². The minimum absolute atomic E-state index is 0.121. The largest absolute Gasteiger partial charge is 0.476 e. The molecule has 0 unspecified atom stereocenters. The number of benzene rings is 2. The first kappa shape index (κ1) is 28.1. The van der Waals surface area contributed by atoms with Crippen LogP contribution in [0.1, 0.15) is 18.9 Å². The Morgan fingerprint density at radius 1 is 0.976 bits per heavy atom. The van der Waals surface area contributed by atoms with E-state index in [0.717, 1.165) is 5.56 Å². The second-order valence-electron chi connectivity index (χ2n) is 9.61. The predicted octanol–water partition coefficient (Wildman–Crippen LogP) is 3.77. The minimum Gasteiger partial charge on any atom is -0.476 e. The summed E-state index contributed by atoms with van der Waals surface area (Å²) in [5.41, 5.74) is 2.21. The smallest absolute Gasteiger partial charge is 0.331 e. The number of aromatic amines is 1. The molecule has 0 fully saturated rings. The van der Waals surface area contributed by atoms with Crippen molar-refractivity contribution in [2.75, 3.05) is 13.2 Å². The zero-order chi connectivity index (χ0) is 29.0. The zero-order valence-corrected chi connectivity index (χ0v) is 23.7. The number of nitrogens with zero attached hydrogens (tertiary/aromatic N) is 4. The molecule has 0 aliphatic heterocycles. The van der Waals surface area contributed by atoms with Crippen LogP contribution < -0.4 is 16.0 Å². The number of ether oxygens (including phenoxy) is 1. The summed E-state index contributed by atoms with van der Waals surface area (Å²) in [7, 11) is -2.26. The third kappa shape index (κ3) is 5.86. The van der Waals surface area contributed by atoms with Gasteiger partial charge in [-0.25, -0.2) is 18.2 Å². The lowest BCUT2D eigenvalue weighted by atomic mass is 10.1. The molecule has 0 atom stereocenters. The van der Waals surface area contributed by atoms with E-state index in [-0.39, 0.29) is 35.8 Å². The number of pyridine rings is 1. The third-order valence-corrected chi connectivity index (χ3v) is 8.67. The first-order chi connectivity index (χ1) is 19.8. The van der Waals surface area contributed by atoms with Gasteiger partial charge in [-0.05, 0) is 41.8 Å². The average Bonchev–Trinajstić information content (AvgIpc) is 3.45. The molecule has 3 heterocycles. The Hall–Kier alpha value is -4.48. The first-order valence-electron chi connectivity index (χ1n) is 13.3. The third-order valence-electron chi connectivity index (χ3n) is 6.82. The van der Waals surface area contributed by atoms with Gasteiger partial charge < -0.3 is 9.72 Å². The van der Waals surface area contributed by atoms with Crippen molar-refractivity contribution >= 4 is 21.1 Å². The Morgan fingerprint density at radius 2 is 1.71 bits per heavy atom. The number of rotatable bonds is 11. The molecule has 5 aromatic rings. The highest BCUT2D eigenvalue weighted by atomic mass is 32.2. The van der Waals surface area contributed by atoms with E-state index < -0.39 is 10.0 Å². The standard InChI is InChI=1S/C30H31N5O5S/c1-3-17-35-29(36)28-26(33(2)30(35)37)20-25(32-28)23-12-14-24(15-13-23)41(38,39)34(21-22-9-5-4-6-10-22)18-19-40-27-11-7-8-16-31-27/h4-16,20,32H,3,17-19,21H2,1-2H3. The van der Waals surface area contributed by atoms with Crippen LogP contribution in [0.15, 0.2) is 99.5 Å². The summed E-state index contributed by atoms with van der Waals surface area (Å²) in [6.07, 6.45) is 2.27. The summed E-state index contributed by atoms with van der Waals surface area (Å²) in [6.45, 7) is 2.66. The van der Waals surface area contributed by atoms with Gasteiger partial charge in [0.15, 0.2) is 0 Å². The van der Waals surface area contributed by atoms with Crippen LogP contribution in [0.3, 0.4) is 0 Å². The van der Waals surface area contributed by atoms with Crippen molar-refractivity contribution in [2.45, 2.75) is 31.3 Å². The molecule has 212 valence electrons. The number of H-pyrrole nitrogens is 1. The van der Waals surface area contributed by atoms with Crippen LogP contribution in [0.2, 0.25) is 0 Å². The maximum absolute atomic E-state index is 13.8. The van der Waals surface area contributed by atoms with Crippen LogP contribution in [0.5, 0.6) is 5.88 Å². The van der Waals surface area contributed by atoms with E-state index in [1.54, 1.807) is 61.8 Å². The molecular weight excluding hydrogens is 542 g/mol. The average molecular weight is 574 g/mol. The number of aromatic nitrogens is 4. The maximum Gasteiger partial charge on any atom is 0.331 e. The quantitative estimate of drug-likeness (QED) is 0.257. The topological polar surface area (TPSA) is 119 Å². The summed E-state index contributed by atoms with van der Waals surface area (Å²) in [5.74, 6) is 0.422. The van der Waals surface area contributed by atoms with Crippen molar-refractivity contribution in [2.24, 2.45) is 7.05 Å². The zero-order valence-electron chi connectivity index (χ0n) is 22.9. The molecule has 1 N–H and O–H groups in total. The van der Waals surface area contributed by atoms with Crippen molar-refractivity contribution in [1.82, 2.24) is 23.4 Å². The van der Waals surface area contributed by atoms with Crippen molar-refractivity contribution in [3.05, 3.63) is 111 Å². The molecule has 0 saturated heterocycles. The lowest BCUT2D eigenvalue weighted by molar-refractivity contribution is 0.262. The van der Waals surface area contributed by atoms with Gasteiger partial charge in [0.25, 0.3) is 5.56 Å². The fourth-order valence-electron chi connectivity index (χ4n) is 4.66. The van der Waals surface area contributed by atoms with Gasteiger partial charge in [-0.1, -0.05) is 55.5 Å². The van der Waals surface area contributed by atoms with Crippen LogP contribution in [0.25, 0.3) is 22.3 Å². The fraction of sp³-hybridized carbons (Fsp3) is 0.233. The van der Waals surface area contributed by atoms with Gasteiger partial charge in [0.1, 0.15) is 12.1 Å². The molecule has 0 amide bonds. The number of hydrogen-bond donors (Lipinski definition) is 1. The number of sulfonamides is 1. The molecule has 0 radical (unpaired) electrons. The van der Waals surface area contributed by atoms with Crippen molar-refractivity contribution in [3.63, 3.8) is 0 Å². The van der Waals surface area contributed by atoms with Gasteiger partial charge in [0.05, 0.1) is 10.4 Å². The highest BCUT2D eigenvalue weighted by Crippen LogP contribution is 2.25. The lowest BCUT2D eigenvalue weighted by Gasteiger charge is -2.22. The second kappa shape index (κ2) is 11.9. The second-order valence-corrected chi connectivity index (χ2v) is 11.5. The number of nitrogens with one attached hydrogen (secondary N) is 1. The molecule has 0 bridgehead atoms. The highest BCUT2D eigenvalue weighted by molar-refractivity contribution is 7.89. The van der Waals surface area contributed by atoms with Crippen LogP contribution in [0, 0.1) is 0 Å². The Kier molecular flexibility index (Phi) is 8.18. The van der Waals surface area contributed by atoms with E-state index in [4.69, 9.17) is 4.74 Å². The summed E-state index contributed by atoms with van der Waals surface area (Å²) in [4.78, 5) is 33.0. The van der Waals surface area contributed by atoms with Gasteiger partial charge in [0.2, 0.25) is 15.9 Å². The number of hydrogen-bond acceptors (Lipinski definition) is 6. The summed E-state index contributed by atoms with van der Waals surface area (Å²) in [6, 6.07) is 22.9. The highest BCUT2D eigenvalue weighted by Gasteiger charge is 2.25. The van der Waals surface area contributed by atoms with Gasteiger partial charge in [0, 0.05) is 44.6 Å². The SMILES string of the molecule is CCCn1c(=O)c2[nH]c(-c3ccc(S(=O)(=O)N(CCOc4ccccn4)Cc4ccccc4)cc3)cc2n(C)c1=O. The normalized spacial score (nSPS) is 11.8. The van der Waals surface area contributed by atoms with E-state index >= 15 is 0 Å². The van der Waals surface area contributed by atoms with Gasteiger partial charge >= 0.3 is 5.69 Å². The Labute approximate surface area is 237 Å². The molecule has 0 spiro atoms. The van der Waals surface area contributed by atoms with E-state index in [1.165, 1.54) is 13.4 Å². The molecule has 0 saturated carbocycles. The fourth-order valence-corrected chi connectivity index (χ4v) is 6.08. The molecular formula is C30H31N5O5S. The van der Waals surface area contributed by atoms with E-state index in [1.807, 2.05) is 37.3 Å². The molecule has 5 rings (SSSR count). The molecule has 11 heteroatoms. The molecule has 0 aliphatic carbocycles. The van der Waals surface area contributed by atoms with Crippen molar-refractivity contribution < 1.29 is 13.2 Å². The molecule has 10 nitrogen and oxygen atoms in total. The van der Waals surface area contributed by atoms with E-state index in [0.29, 0.717) is 41.1 Å². The Morgan fingerprint density at radius 3 is 2.39 bits per heavy atom. The monoisotopic (exact) mass is 573 g/mol. The maximum atomic E-state index is 13.8. The Bertz CT molecular complexity index is 1860. The molecule has 2 aromatic carbocycles. The lowest BCUT2D eigenvalue weighted by Crippen LogP contribution is -2.38. The number of fused-ring (bicyclic) bond motifs is 1. The summed E-state index contributed by atoms with van der Waals surface area (Å²) >= 11 is 0.